The minimum absolute atomic E-state index is 0.0207. The molecule has 1 aromatic rings. The van der Waals surface area contributed by atoms with Gasteiger partial charge in [-0.1, -0.05) is 0 Å². The second-order valence-electron chi connectivity index (χ2n) is 9.36. The van der Waals surface area contributed by atoms with Crippen molar-refractivity contribution in [3.8, 4) is 0 Å². The molecule has 0 aromatic heterocycles. The normalized spacial score (nSPS) is 26.0. The van der Waals surface area contributed by atoms with Crippen LogP contribution in [0.2, 0.25) is 0 Å². The third-order valence-electron chi connectivity index (χ3n) is 7.22. The first-order valence-electron chi connectivity index (χ1n) is 11.9. The molecule has 180 valence electrons. The quantitative estimate of drug-likeness (QED) is 0.711. The number of rotatable bonds is 3. The van der Waals surface area contributed by atoms with Crippen molar-refractivity contribution in [3.05, 3.63) is 23.8 Å². The molecule has 1 atom stereocenters. The number of anilines is 1. The van der Waals surface area contributed by atoms with Crippen LogP contribution in [0, 0.1) is 5.92 Å². The van der Waals surface area contributed by atoms with Crippen LogP contribution in [0.25, 0.3) is 0 Å². The van der Waals surface area contributed by atoms with Crippen molar-refractivity contribution in [2.45, 2.75) is 55.6 Å². The Morgan fingerprint density at radius 3 is 2.58 bits per heavy atom. The van der Waals surface area contributed by atoms with Crippen molar-refractivity contribution in [1.29, 1.82) is 0 Å². The highest BCUT2D eigenvalue weighted by atomic mass is 32.2. The van der Waals surface area contributed by atoms with Gasteiger partial charge in [-0.3, -0.25) is 9.59 Å². The first-order chi connectivity index (χ1) is 15.9. The number of aryl methyl sites for hydroxylation is 1. The van der Waals surface area contributed by atoms with E-state index in [2.05, 4.69) is 5.32 Å². The van der Waals surface area contributed by atoms with Gasteiger partial charge in [0.15, 0.2) is 5.79 Å². The number of hydrogen-bond acceptors (Lipinski definition) is 6. The number of carbonyl (C=O) groups is 2. The molecule has 1 unspecified atom stereocenters. The Balaban J connectivity index is 1.27. The Kier molecular flexibility index (Phi) is 6.19. The molecule has 0 aliphatic carbocycles. The van der Waals surface area contributed by atoms with Crippen LogP contribution >= 0.6 is 0 Å². The molecule has 0 saturated carbocycles. The number of benzene rings is 1. The molecule has 0 radical (unpaired) electrons. The van der Waals surface area contributed by atoms with Crippen LogP contribution < -0.4 is 5.32 Å². The van der Waals surface area contributed by atoms with Gasteiger partial charge in [0, 0.05) is 51.1 Å². The number of nitrogens with one attached hydrogen (secondary N) is 1. The van der Waals surface area contributed by atoms with Gasteiger partial charge in [0.2, 0.25) is 21.8 Å². The first-order valence-corrected chi connectivity index (χ1v) is 13.3. The molecule has 1 N–H and O–H groups in total. The van der Waals surface area contributed by atoms with Crippen molar-refractivity contribution in [1.82, 2.24) is 9.21 Å². The van der Waals surface area contributed by atoms with Gasteiger partial charge >= 0.3 is 0 Å². The van der Waals surface area contributed by atoms with Crippen LogP contribution in [-0.4, -0.2) is 74.6 Å². The predicted molar refractivity (Wildman–Crippen MR) is 120 cm³/mol. The van der Waals surface area contributed by atoms with Gasteiger partial charge in [-0.2, -0.15) is 4.31 Å². The monoisotopic (exact) mass is 477 g/mol. The van der Waals surface area contributed by atoms with Gasteiger partial charge < -0.3 is 19.7 Å². The van der Waals surface area contributed by atoms with E-state index in [1.165, 1.54) is 4.31 Å². The molecular formula is C23H31N3O6S. The van der Waals surface area contributed by atoms with Crippen molar-refractivity contribution in [2.24, 2.45) is 5.92 Å². The molecule has 0 bridgehead atoms. The van der Waals surface area contributed by atoms with Gasteiger partial charge in [-0.15, -0.1) is 0 Å². The van der Waals surface area contributed by atoms with Crippen molar-refractivity contribution >= 4 is 27.5 Å². The summed E-state index contributed by atoms with van der Waals surface area (Å²) < 4.78 is 39.8. The molecule has 1 aromatic carbocycles. The molecule has 4 aliphatic heterocycles. The second kappa shape index (κ2) is 8.98. The average Bonchev–Trinajstić information content (AvgIpc) is 3.18. The standard InChI is InChI=1S/C23H31N3O6S/c27-21-5-1-3-17-15-19(6-7-20(17)24-21)33(29,30)26-10-2-4-18(16-26)22(28)25-11-8-23(9-12-25)31-13-14-32-23/h6-7,15,18H,1-5,8-14,16H2,(H,24,27). The number of piperidine rings is 2. The fourth-order valence-electron chi connectivity index (χ4n) is 5.33. The fraction of sp³-hybridized carbons (Fsp3) is 0.652. The number of likely N-dealkylation sites (tertiary alicyclic amines) is 1. The summed E-state index contributed by atoms with van der Waals surface area (Å²) in [6.45, 7) is 2.93. The SMILES string of the molecule is O=C1CCCc2cc(S(=O)(=O)N3CCCC(C(=O)N4CCC5(CC4)OCCO5)C3)ccc2N1. The number of fused-ring (bicyclic) bond motifs is 1. The second-order valence-corrected chi connectivity index (χ2v) is 11.3. The Labute approximate surface area is 194 Å². The summed E-state index contributed by atoms with van der Waals surface area (Å²) in [6, 6.07) is 4.90. The molecule has 4 heterocycles. The molecule has 10 heteroatoms. The lowest BCUT2D eigenvalue weighted by Gasteiger charge is -2.40. The number of sulfonamides is 1. The third-order valence-corrected chi connectivity index (χ3v) is 9.08. The highest BCUT2D eigenvalue weighted by Crippen LogP contribution is 2.33. The molecule has 1 spiro atoms. The highest BCUT2D eigenvalue weighted by molar-refractivity contribution is 7.89. The van der Waals surface area contributed by atoms with E-state index in [1.54, 1.807) is 18.2 Å². The van der Waals surface area contributed by atoms with E-state index in [9.17, 15) is 18.0 Å². The fourth-order valence-corrected chi connectivity index (χ4v) is 6.91. The van der Waals surface area contributed by atoms with Crippen molar-refractivity contribution < 1.29 is 27.5 Å². The number of hydrogen-bond donors (Lipinski definition) is 1. The van der Waals surface area contributed by atoms with Crippen molar-refractivity contribution in [2.75, 3.05) is 44.7 Å². The lowest BCUT2D eigenvalue weighted by Crippen LogP contribution is -2.51. The highest BCUT2D eigenvalue weighted by Gasteiger charge is 2.42. The lowest BCUT2D eigenvalue weighted by atomic mass is 9.96. The molecule has 5 rings (SSSR count). The first kappa shape index (κ1) is 22.8. The summed E-state index contributed by atoms with van der Waals surface area (Å²) in [5, 5.41) is 2.84. The third kappa shape index (κ3) is 4.53. The van der Waals surface area contributed by atoms with E-state index in [0.717, 1.165) is 5.56 Å². The summed E-state index contributed by atoms with van der Waals surface area (Å²) in [5.74, 6) is -0.902. The van der Waals surface area contributed by atoms with E-state index in [-0.39, 0.29) is 29.2 Å². The van der Waals surface area contributed by atoms with E-state index in [0.29, 0.717) is 83.5 Å². The van der Waals surface area contributed by atoms with Gasteiger partial charge in [0.25, 0.3) is 0 Å². The molecule has 2 amide bonds. The summed E-state index contributed by atoms with van der Waals surface area (Å²) >= 11 is 0. The Morgan fingerprint density at radius 2 is 1.82 bits per heavy atom. The molecule has 33 heavy (non-hydrogen) atoms. The molecule has 9 nitrogen and oxygen atoms in total. The summed E-state index contributed by atoms with van der Waals surface area (Å²) in [5.41, 5.74) is 1.52. The Hall–Kier alpha value is -2.01. The number of amides is 2. The number of ether oxygens (including phenoxy) is 2. The maximum Gasteiger partial charge on any atom is 0.243 e. The topological polar surface area (TPSA) is 105 Å². The molecule has 4 aliphatic rings. The van der Waals surface area contributed by atoms with Gasteiger partial charge in [-0.05, 0) is 49.4 Å². The summed E-state index contributed by atoms with van der Waals surface area (Å²) in [6.07, 6.45) is 4.43. The smallest absolute Gasteiger partial charge is 0.243 e. The van der Waals surface area contributed by atoms with Crippen LogP contribution in [0.4, 0.5) is 5.69 Å². The van der Waals surface area contributed by atoms with Crippen LogP contribution in [0.15, 0.2) is 23.1 Å². The maximum atomic E-state index is 13.4. The van der Waals surface area contributed by atoms with Gasteiger partial charge in [-0.25, -0.2) is 8.42 Å². The van der Waals surface area contributed by atoms with E-state index >= 15 is 0 Å². The zero-order valence-electron chi connectivity index (χ0n) is 18.8. The average molecular weight is 478 g/mol. The summed E-state index contributed by atoms with van der Waals surface area (Å²) in [4.78, 5) is 27.1. The number of carbonyl (C=O) groups excluding carboxylic acids is 2. The molecular weight excluding hydrogens is 446 g/mol. The zero-order chi connectivity index (χ0) is 23.1. The van der Waals surface area contributed by atoms with Crippen LogP contribution in [0.1, 0.15) is 44.1 Å². The van der Waals surface area contributed by atoms with E-state index < -0.39 is 15.8 Å². The van der Waals surface area contributed by atoms with Crippen LogP contribution in [0.3, 0.4) is 0 Å². The van der Waals surface area contributed by atoms with Gasteiger partial charge in [0.1, 0.15) is 0 Å². The Morgan fingerprint density at radius 1 is 1.06 bits per heavy atom. The zero-order valence-corrected chi connectivity index (χ0v) is 19.6. The lowest BCUT2D eigenvalue weighted by molar-refractivity contribution is -0.188. The maximum absolute atomic E-state index is 13.4. The minimum atomic E-state index is -3.73. The molecule has 3 fully saturated rings. The molecule has 3 saturated heterocycles. The number of nitrogens with zero attached hydrogens (tertiary/aromatic N) is 2. The Bertz CT molecular complexity index is 1030. The van der Waals surface area contributed by atoms with E-state index in [1.807, 2.05) is 4.90 Å². The van der Waals surface area contributed by atoms with Gasteiger partial charge in [0.05, 0.1) is 24.0 Å². The summed E-state index contributed by atoms with van der Waals surface area (Å²) in [7, 11) is -3.73. The predicted octanol–water partition coefficient (Wildman–Crippen LogP) is 1.73. The largest absolute Gasteiger partial charge is 0.347 e. The van der Waals surface area contributed by atoms with Crippen LogP contribution in [0.5, 0.6) is 0 Å². The van der Waals surface area contributed by atoms with Crippen molar-refractivity contribution in [3.63, 3.8) is 0 Å². The van der Waals surface area contributed by atoms with E-state index in [4.69, 9.17) is 9.47 Å². The van der Waals surface area contributed by atoms with Crippen LogP contribution in [-0.2, 0) is 35.5 Å². The minimum Gasteiger partial charge on any atom is -0.347 e.